The van der Waals surface area contributed by atoms with Gasteiger partial charge in [0.1, 0.15) is 0 Å². The maximum Gasteiger partial charge on any atom is 0.164 e. The molecule has 5 nitrogen and oxygen atoms in total. The number of fused-ring (bicyclic) bond motifs is 1. The minimum atomic E-state index is -0.438. The number of hydrogen-bond acceptors (Lipinski definition) is 5. The molecule has 2 fully saturated rings. The van der Waals surface area contributed by atoms with Gasteiger partial charge in [0.2, 0.25) is 0 Å². The molecule has 138 valence electrons. The lowest BCUT2D eigenvalue weighted by Crippen LogP contribution is -2.63. The van der Waals surface area contributed by atoms with Gasteiger partial charge in [-0.15, -0.1) is 0 Å². The molecule has 1 aliphatic heterocycles. The minimum absolute atomic E-state index is 0.0565. The van der Waals surface area contributed by atoms with E-state index in [1.807, 2.05) is 6.07 Å². The van der Waals surface area contributed by atoms with Gasteiger partial charge in [0.05, 0.1) is 26.4 Å². The number of benzene rings is 1. The van der Waals surface area contributed by atoms with Crippen molar-refractivity contribution in [2.45, 2.75) is 49.3 Å². The molecule has 5 atom stereocenters. The monoisotopic (exact) mass is 347 g/mol. The molecular formula is C20H29NO4. The highest BCUT2D eigenvalue weighted by molar-refractivity contribution is 5.57. The Morgan fingerprint density at radius 1 is 1.20 bits per heavy atom. The summed E-state index contributed by atoms with van der Waals surface area (Å²) in [6.45, 7) is 1.05. The predicted octanol–water partition coefficient (Wildman–Crippen LogP) is 1.99. The van der Waals surface area contributed by atoms with E-state index >= 15 is 0 Å². The summed E-state index contributed by atoms with van der Waals surface area (Å²) >= 11 is 0. The van der Waals surface area contributed by atoms with Crippen LogP contribution < -0.4 is 9.47 Å². The summed E-state index contributed by atoms with van der Waals surface area (Å²) in [7, 11) is 7.36. The molecule has 4 rings (SSSR count). The number of rotatable bonds is 3. The summed E-state index contributed by atoms with van der Waals surface area (Å²) in [5.41, 5.74) is 2.56. The zero-order valence-electron chi connectivity index (χ0n) is 15.6. The topological polar surface area (TPSA) is 51.2 Å². The van der Waals surface area contributed by atoms with Crippen LogP contribution in [0, 0.1) is 5.92 Å². The molecule has 0 spiro atoms. The molecule has 5 unspecified atom stereocenters. The van der Waals surface area contributed by atoms with Crippen molar-refractivity contribution in [1.82, 2.24) is 4.90 Å². The molecule has 2 bridgehead atoms. The van der Waals surface area contributed by atoms with E-state index in [0.717, 1.165) is 43.7 Å². The highest BCUT2D eigenvalue weighted by Crippen LogP contribution is 2.59. The number of methoxy groups -OCH3 is 3. The summed E-state index contributed by atoms with van der Waals surface area (Å²) in [6.07, 6.45) is 3.17. The molecule has 25 heavy (non-hydrogen) atoms. The summed E-state index contributed by atoms with van der Waals surface area (Å²) in [6, 6.07) is 4.70. The summed E-state index contributed by atoms with van der Waals surface area (Å²) in [5.74, 6) is 2.11. The van der Waals surface area contributed by atoms with E-state index in [9.17, 15) is 5.11 Å². The Balaban J connectivity index is 1.91. The average molecular weight is 347 g/mol. The quantitative estimate of drug-likeness (QED) is 0.906. The number of piperidine rings is 1. The molecule has 1 aromatic carbocycles. The third-order valence-electron chi connectivity index (χ3n) is 7.00. The molecule has 1 N–H and O–H groups in total. The van der Waals surface area contributed by atoms with Crippen LogP contribution >= 0.6 is 0 Å². The van der Waals surface area contributed by atoms with Crippen LogP contribution in [0.3, 0.4) is 0 Å². The third-order valence-corrected chi connectivity index (χ3v) is 7.00. The van der Waals surface area contributed by atoms with Crippen LogP contribution in [-0.4, -0.2) is 63.2 Å². The predicted molar refractivity (Wildman–Crippen MR) is 95.5 cm³/mol. The molecular weight excluding hydrogens is 318 g/mol. The SMILES string of the molecule is COc1ccc2c(c1OC)C13CCN(C)C(C2)C1CC(OC)C(O)C3. The lowest BCUT2D eigenvalue weighted by molar-refractivity contribution is -0.114. The Bertz CT molecular complexity index is 663. The van der Waals surface area contributed by atoms with Crippen molar-refractivity contribution in [3.05, 3.63) is 23.3 Å². The highest BCUT2D eigenvalue weighted by atomic mass is 16.5. The van der Waals surface area contributed by atoms with Crippen molar-refractivity contribution >= 4 is 0 Å². The first kappa shape index (κ1) is 17.1. The van der Waals surface area contributed by atoms with Crippen LogP contribution in [-0.2, 0) is 16.6 Å². The number of hydrogen-bond donors (Lipinski definition) is 1. The van der Waals surface area contributed by atoms with Gasteiger partial charge in [0, 0.05) is 24.1 Å². The van der Waals surface area contributed by atoms with E-state index in [1.165, 1.54) is 11.1 Å². The van der Waals surface area contributed by atoms with Crippen LogP contribution in [0.1, 0.15) is 30.4 Å². The smallest absolute Gasteiger partial charge is 0.164 e. The van der Waals surface area contributed by atoms with Gasteiger partial charge in [0.25, 0.3) is 0 Å². The Kier molecular flexibility index (Phi) is 4.21. The minimum Gasteiger partial charge on any atom is -0.493 e. The first-order valence-corrected chi connectivity index (χ1v) is 9.21. The van der Waals surface area contributed by atoms with Gasteiger partial charge in [-0.1, -0.05) is 6.07 Å². The number of aliphatic hydroxyl groups is 1. The van der Waals surface area contributed by atoms with Gasteiger partial charge < -0.3 is 24.2 Å². The van der Waals surface area contributed by atoms with Crippen LogP contribution in [0.2, 0.25) is 0 Å². The number of aliphatic hydroxyl groups excluding tert-OH is 1. The van der Waals surface area contributed by atoms with Crippen molar-refractivity contribution in [3.63, 3.8) is 0 Å². The largest absolute Gasteiger partial charge is 0.493 e. The molecule has 0 amide bonds. The molecule has 2 aliphatic carbocycles. The van der Waals surface area contributed by atoms with Gasteiger partial charge in [-0.05, 0) is 56.8 Å². The van der Waals surface area contributed by atoms with Gasteiger partial charge in [0.15, 0.2) is 11.5 Å². The lowest BCUT2D eigenvalue weighted by atomic mass is 9.51. The fraction of sp³-hybridized carbons (Fsp3) is 0.700. The Morgan fingerprint density at radius 2 is 2.00 bits per heavy atom. The van der Waals surface area contributed by atoms with E-state index in [4.69, 9.17) is 14.2 Å². The fourth-order valence-electron chi connectivity index (χ4n) is 5.82. The second-order valence-electron chi connectivity index (χ2n) is 7.88. The average Bonchev–Trinajstić information content (AvgIpc) is 2.62. The molecule has 1 saturated heterocycles. The molecule has 1 heterocycles. The lowest BCUT2D eigenvalue weighted by Gasteiger charge is -2.60. The van der Waals surface area contributed by atoms with Crippen molar-refractivity contribution in [2.75, 3.05) is 34.9 Å². The third kappa shape index (κ3) is 2.32. The first-order chi connectivity index (χ1) is 12.1. The Hall–Kier alpha value is -1.30. The normalized spacial score (nSPS) is 37.2. The maximum absolute atomic E-state index is 10.8. The van der Waals surface area contributed by atoms with Crippen LogP contribution in [0.25, 0.3) is 0 Å². The number of likely N-dealkylation sites (tertiary alicyclic amines) is 1. The molecule has 1 aromatic rings. The second kappa shape index (κ2) is 6.15. The van der Waals surface area contributed by atoms with Crippen molar-refractivity contribution in [3.8, 4) is 11.5 Å². The molecule has 1 saturated carbocycles. The Labute approximate surface area is 149 Å². The molecule has 0 aromatic heterocycles. The van der Waals surface area contributed by atoms with E-state index in [2.05, 4.69) is 18.0 Å². The summed E-state index contributed by atoms with van der Waals surface area (Å²) in [4.78, 5) is 2.49. The van der Waals surface area contributed by atoms with Gasteiger partial charge in [-0.2, -0.15) is 0 Å². The van der Waals surface area contributed by atoms with E-state index in [1.54, 1.807) is 21.3 Å². The first-order valence-electron chi connectivity index (χ1n) is 9.21. The zero-order valence-corrected chi connectivity index (χ0v) is 15.6. The van der Waals surface area contributed by atoms with E-state index in [-0.39, 0.29) is 11.5 Å². The number of nitrogens with zero attached hydrogens (tertiary/aromatic N) is 1. The number of ether oxygens (including phenoxy) is 3. The fourth-order valence-corrected chi connectivity index (χ4v) is 5.82. The summed E-state index contributed by atoms with van der Waals surface area (Å²) < 4.78 is 17.0. The van der Waals surface area contributed by atoms with Crippen molar-refractivity contribution in [2.24, 2.45) is 5.92 Å². The van der Waals surface area contributed by atoms with Crippen LogP contribution in [0.15, 0.2) is 12.1 Å². The maximum atomic E-state index is 10.8. The van der Waals surface area contributed by atoms with Gasteiger partial charge in [-0.25, -0.2) is 0 Å². The van der Waals surface area contributed by atoms with Crippen LogP contribution in [0.5, 0.6) is 11.5 Å². The van der Waals surface area contributed by atoms with Gasteiger partial charge >= 0.3 is 0 Å². The van der Waals surface area contributed by atoms with Crippen LogP contribution in [0.4, 0.5) is 0 Å². The second-order valence-corrected chi connectivity index (χ2v) is 7.88. The van der Waals surface area contributed by atoms with Crippen molar-refractivity contribution in [1.29, 1.82) is 0 Å². The zero-order chi connectivity index (χ0) is 17.8. The van der Waals surface area contributed by atoms with Crippen molar-refractivity contribution < 1.29 is 19.3 Å². The summed E-state index contributed by atoms with van der Waals surface area (Å²) in [5, 5.41) is 10.8. The van der Waals surface area contributed by atoms with Gasteiger partial charge in [-0.3, -0.25) is 0 Å². The number of likely N-dealkylation sites (N-methyl/N-ethyl adjacent to an activating group) is 1. The molecule has 0 radical (unpaired) electrons. The molecule has 3 aliphatic rings. The van der Waals surface area contributed by atoms with E-state index in [0.29, 0.717) is 12.0 Å². The Morgan fingerprint density at radius 3 is 2.68 bits per heavy atom. The highest BCUT2D eigenvalue weighted by Gasteiger charge is 2.58. The molecule has 5 heteroatoms. The standard InChI is InChI=1S/C20H29NO4/c1-21-8-7-20-11-15(22)17(24-3)10-13(20)14(21)9-12-5-6-16(23-2)19(25-4)18(12)20/h5-6,13-15,17,22H,7-11H2,1-4H3. The van der Waals surface area contributed by atoms with E-state index < -0.39 is 6.10 Å².